The molecule has 0 saturated carbocycles. The number of rotatable bonds is 11. The summed E-state index contributed by atoms with van der Waals surface area (Å²) in [6, 6.07) is 19.6. The minimum Gasteiger partial charge on any atom is -0.462 e. The number of unbranched alkanes of at least 4 members (excludes halogenated alkanes) is 1. The number of benzene rings is 3. The van der Waals surface area contributed by atoms with Crippen LogP contribution in [0.1, 0.15) is 47.4 Å². The Labute approximate surface area is 216 Å². The fourth-order valence-corrected chi connectivity index (χ4v) is 5.31. The number of ether oxygens (including phenoxy) is 1. The summed E-state index contributed by atoms with van der Waals surface area (Å²) in [5, 5.41) is 2.78. The molecule has 7 nitrogen and oxygen atoms in total. The molecule has 0 aliphatic rings. The molecule has 0 aliphatic heterocycles. The Hall–Kier alpha value is -3.30. The molecular weight excluding hydrogens is 496 g/mol. The summed E-state index contributed by atoms with van der Waals surface area (Å²) in [7, 11) is -3.74. The van der Waals surface area contributed by atoms with Crippen LogP contribution in [-0.2, 0) is 14.8 Å². The molecule has 0 aromatic heterocycles. The smallest absolute Gasteiger partial charge is 0.338 e. The third-order valence-corrected chi connectivity index (χ3v) is 8.12. The Morgan fingerprint density at radius 3 is 2.06 bits per heavy atom. The van der Waals surface area contributed by atoms with E-state index in [0.29, 0.717) is 29.1 Å². The third-order valence-electron chi connectivity index (χ3n) is 5.46. The van der Waals surface area contributed by atoms with Gasteiger partial charge in [0.05, 0.1) is 22.8 Å². The van der Waals surface area contributed by atoms with E-state index in [0.717, 1.165) is 17.7 Å². The van der Waals surface area contributed by atoms with Gasteiger partial charge in [-0.2, -0.15) is 0 Å². The number of anilines is 2. The summed E-state index contributed by atoms with van der Waals surface area (Å²) in [4.78, 5) is 25.9. The summed E-state index contributed by atoms with van der Waals surface area (Å²) in [6.07, 6.45) is 3.68. The van der Waals surface area contributed by atoms with Crippen LogP contribution in [0, 0.1) is 0 Å². The number of carbonyl (C=O) groups is 2. The van der Waals surface area contributed by atoms with Gasteiger partial charge in [0, 0.05) is 22.7 Å². The fraction of sp³-hybridized carbons (Fsp3) is 0.259. The van der Waals surface area contributed by atoms with E-state index in [9.17, 15) is 18.0 Å². The molecule has 3 aromatic rings. The molecule has 0 spiro atoms. The monoisotopic (exact) mass is 526 g/mol. The zero-order valence-corrected chi connectivity index (χ0v) is 22.2. The van der Waals surface area contributed by atoms with E-state index in [2.05, 4.69) is 5.32 Å². The van der Waals surface area contributed by atoms with Gasteiger partial charge in [0.25, 0.3) is 15.9 Å². The number of carbonyl (C=O) groups excluding carboxylic acids is 2. The quantitative estimate of drug-likeness (QED) is 0.192. The molecule has 0 bridgehead atoms. The SMILES string of the molecule is CCCCOC(=O)c1ccc(NC(=O)c2ccc(N(CC)S(=O)(=O)c3ccc(SC)cc3)cc2)cc1. The van der Waals surface area contributed by atoms with Gasteiger partial charge in [0.15, 0.2) is 0 Å². The second kappa shape index (κ2) is 12.6. The molecule has 0 aliphatic carbocycles. The Balaban J connectivity index is 1.68. The van der Waals surface area contributed by atoms with Crippen LogP contribution in [0.2, 0.25) is 0 Å². The van der Waals surface area contributed by atoms with Crippen molar-refractivity contribution in [3.05, 3.63) is 83.9 Å². The normalized spacial score (nSPS) is 11.1. The first-order valence-electron chi connectivity index (χ1n) is 11.7. The molecule has 190 valence electrons. The lowest BCUT2D eigenvalue weighted by Crippen LogP contribution is -2.30. The molecule has 36 heavy (non-hydrogen) atoms. The van der Waals surface area contributed by atoms with E-state index in [4.69, 9.17) is 4.74 Å². The van der Waals surface area contributed by atoms with Gasteiger partial charge in [-0.3, -0.25) is 9.10 Å². The van der Waals surface area contributed by atoms with Crippen LogP contribution in [-0.4, -0.2) is 39.7 Å². The number of sulfonamides is 1. The van der Waals surface area contributed by atoms with Crippen molar-refractivity contribution in [1.82, 2.24) is 0 Å². The Morgan fingerprint density at radius 1 is 0.889 bits per heavy atom. The minimum absolute atomic E-state index is 0.210. The molecule has 3 aromatic carbocycles. The Kier molecular flexibility index (Phi) is 9.55. The van der Waals surface area contributed by atoms with Crippen molar-refractivity contribution in [2.24, 2.45) is 0 Å². The van der Waals surface area contributed by atoms with Crippen LogP contribution in [0.4, 0.5) is 11.4 Å². The highest BCUT2D eigenvalue weighted by Gasteiger charge is 2.23. The highest BCUT2D eigenvalue weighted by atomic mass is 32.2. The molecular formula is C27H30N2O5S2. The summed E-state index contributed by atoms with van der Waals surface area (Å²) < 4.78 is 32.9. The number of amides is 1. The third kappa shape index (κ3) is 6.67. The molecule has 0 saturated heterocycles. The van der Waals surface area contributed by atoms with Crippen LogP contribution in [0.3, 0.4) is 0 Å². The molecule has 9 heteroatoms. The second-order valence-electron chi connectivity index (χ2n) is 7.91. The number of esters is 1. The van der Waals surface area contributed by atoms with Crippen LogP contribution >= 0.6 is 11.8 Å². The van der Waals surface area contributed by atoms with Crippen LogP contribution in [0.5, 0.6) is 0 Å². The van der Waals surface area contributed by atoms with Gasteiger partial charge in [-0.05, 0) is 92.4 Å². The van der Waals surface area contributed by atoms with E-state index in [1.807, 2.05) is 13.2 Å². The highest BCUT2D eigenvalue weighted by molar-refractivity contribution is 7.98. The van der Waals surface area contributed by atoms with E-state index in [1.165, 1.54) is 4.31 Å². The zero-order chi connectivity index (χ0) is 26.1. The molecule has 3 rings (SSSR count). The summed E-state index contributed by atoms with van der Waals surface area (Å²) in [5.41, 5.74) is 1.78. The van der Waals surface area contributed by atoms with Gasteiger partial charge in [-0.15, -0.1) is 11.8 Å². The van der Waals surface area contributed by atoms with Crippen LogP contribution in [0.15, 0.2) is 82.6 Å². The lowest BCUT2D eigenvalue weighted by atomic mass is 10.1. The van der Waals surface area contributed by atoms with Gasteiger partial charge in [-0.1, -0.05) is 13.3 Å². The lowest BCUT2D eigenvalue weighted by molar-refractivity contribution is 0.0499. The lowest BCUT2D eigenvalue weighted by Gasteiger charge is -2.23. The second-order valence-corrected chi connectivity index (χ2v) is 10.7. The molecule has 0 unspecified atom stereocenters. The van der Waals surface area contributed by atoms with Crippen molar-refractivity contribution >= 4 is 45.0 Å². The summed E-state index contributed by atoms with van der Waals surface area (Å²) in [5.74, 6) is -0.745. The topological polar surface area (TPSA) is 92.8 Å². The van der Waals surface area contributed by atoms with Gasteiger partial charge >= 0.3 is 5.97 Å². The van der Waals surface area contributed by atoms with Crippen molar-refractivity contribution in [3.8, 4) is 0 Å². The number of nitrogens with one attached hydrogen (secondary N) is 1. The van der Waals surface area contributed by atoms with Gasteiger partial charge in [0.2, 0.25) is 0 Å². The average molecular weight is 527 g/mol. The summed E-state index contributed by atoms with van der Waals surface area (Å²) >= 11 is 1.54. The molecule has 1 N–H and O–H groups in total. The molecule has 0 atom stereocenters. The van der Waals surface area contributed by atoms with Crippen molar-refractivity contribution in [1.29, 1.82) is 0 Å². The maximum Gasteiger partial charge on any atom is 0.338 e. The van der Waals surface area contributed by atoms with Crippen LogP contribution in [0.25, 0.3) is 0 Å². The maximum absolute atomic E-state index is 13.2. The molecule has 0 heterocycles. The predicted molar refractivity (Wildman–Crippen MR) is 144 cm³/mol. The van der Waals surface area contributed by atoms with Crippen molar-refractivity contribution in [2.45, 2.75) is 36.5 Å². The highest BCUT2D eigenvalue weighted by Crippen LogP contribution is 2.26. The number of hydrogen-bond acceptors (Lipinski definition) is 6. The van der Waals surface area contributed by atoms with Crippen molar-refractivity contribution in [3.63, 3.8) is 0 Å². The van der Waals surface area contributed by atoms with E-state index in [1.54, 1.807) is 91.5 Å². The van der Waals surface area contributed by atoms with Gasteiger partial charge in [-0.25, -0.2) is 13.2 Å². The average Bonchev–Trinajstić information content (AvgIpc) is 2.90. The Morgan fingerprint density at radius 2 is 1.50 bits per heavy atom. The molecule has 1 amide bonds. The Bertz CT molecular complexity index is 1270. The molecule has 0 radical (unpaired) electrons. The van der Waals surface area contributed by atoms with E-state index in [-0.39, 0.29) is 17.3 Å². The number of nitrogens with zero attached hydrogens (tertiary/aromatic N) is 1. The van der Waals surface area contributed by atoms with Crippen molar-refractivity contribution in [2.75, 3.05) is 29.0 Å². The van der Waals surface area contributed by atoms with Crippen molar-refractivity contribution < 1.29 is 22.7 Å². The predicted octanol–water partition coefficient (Wildman–Crippen LogP) is 5.83. The van der Waals surface area contributed by atoms with E-state index < -0.39 is 16.0 Å². The zero-order valence-electron chi connectivity index (χ0n) is 20.6. The first-order valence-corrected chi connectivity index (χ1v) is 14.3. The summed E-state index contributed by atoms with van der Waals surface area (Å²) in [6.45, 7) is 4.40. The first-order chi connectivity index (χ1) is 17.3. The van der Waals surface area contributed by atoms with Gasteiger partial charge < -0.3 is 10.1 Å². The number of hydrogen-bond donors (Lipinski definition) is 1. The fourth-order valence-electron chi connectivity index (χ4n) is 3.43. The standard InChI is InChI=1S/C27H30N2O5S2/c1-4-6-19-34-27(31)21-7-11-22(12-8-21)28-26(30)20-9-13-23(14-10-20)29(5-2)36(32,33)25-17-15-24(35-3)16-18-25/h7-18H,4-6,19H2,1-3H3,(H,28,30). The molecule has 0 fully saturated rings. The van der Waals surface area contributed by atoms with Gasteiger partial charge in [0.1, 0.15) is 0 Å². The largest absolute Gasteiger partial charge is 0.462 e. The number of thioether (sulfide) groups is 1. The minimum atomic E-state index is -3.74. The first kappa shape index (κ1) is 27.3. The van der Waals surface area contributed by atoms with E-state index >= 15 is 0 Å². The maximum atomic E-state index is 13.2. The van der Waals surface area contributed by atoms with Crippen LogP contribution < -0.4 is 9.62 Å².